The lowest BCUT2D eigenvalue weighted by molar-refractivity contribution is 0.470. The van der Waals surface area contributed by atoms with Crippen molar-refractivity contribution in [3.8, 4) is 0 Å². The molecule has 0 aliphatic heterocycles. The maximum atomic E-state index is 9.94. The summed E-state index contributed by atoms with van der Waals surface area (Å²) in [7, 11) is -4.03. The Balaban J connectivity index is 3.67. The van der Waals surface area contributed by atoms with E-state index in [1.165, 1.54) is 0 Å². The molecule has 0 fully saturated rings. The van der Waals surface area contributed by atoms with Crippen molar-refractivity contribution in [1.29, 1.82) is 0 Å². The van der Waals surface area contributed by atoms with E-state index in [0.717, 1.165) is 0 Å². The first-order chi connectivity index (χ1) is 3.92. The molecule has 0 unspecified atom stereocenters. The average molecular weight is 151 g/mol. The maximum Gasteiger partial charge on any atom is 0.333 e. The van der Waals surface area contributed by atoms with Crippen LogP contribution in [0.15, 0.2) is 12.2 Å². The van der Waals surface area contributed by atoms with Crippen LogP contribution >= 0.6 is 0 Å². The third-order valence-electron chi connectivity index (χ3n) is 0.556. The standard InChI is InChI=1S/C4H9NO3S/c1-4(2)3-5-9(6,7)8/h5H,1,3H2,2H3,(H,6,7,8). The zero-order valence-corrected chi connectivity index (χ0v) is 5.90. The van der Waals surface area contributed by atoms with Crippen molar-refractivity contribution in [2.24, 2.45) is 0 Å². The first-order valence-electron chi connectivity index (χ1n) is 2.28. The number of rotatable bonds is 3. The number of nitrogens with one attached hydrogen (secondary N) is 1. The van der Waals surface area contributed by atoms with Crippen LogP contribution in [0.5, 0.6) is 0 Å². The van der Waals surface area contributed by atoms with Gasteiger partial charge in [0, 0.05) is 6.54 Å². The van der Waals surface area contributed by atoms with Crippen molar-refractivity contribution in [3.63, 3.8) is 0 Å². The van der Waals surface area contributed by atoms with Crippen molar-refractivity contribution in [3.05, 3.63) is 12.2 Å². The Morgan fingerprint density at radius 3 is 2.33 bits per heavy atom. The second kappa shape index (κ2) is 2.95. The van der Waals surface area contributed by atoms with Crippen LogP contribution in [0.1, 0.15) is 6.92 Å². The normalized spacial score (nSPS) is 11.3. The van der Waals surface area contributed by atoms with Gasteiger partial charge in [0.1, 0.15) is 0 Å². The van der Waals surface area contributed by atoms with Crippen LogP contribution in [0.2, 0.25) is 0 Å². The van der Waals surface area contributed by atoms with E-state index in [1.807, 2.05) is 4.72 Å². The molecule has 0 bridgehead atoms. The monoisotopic (exact) mass is 151 g/mol. The molecule has 0 atom stereocenters. The van der Waals surface area contributed by atoms with Gasteiger partial charge in [0.2, 0.25) is 0 Å². The van der Waals surface area contributed by atoms with Crippen molar-refractivity contribution in [2.75, 3.05) is 6.54 Å². The van der Waals surface area contributed by atoms with Gasteiger partial charge in [0.25, 0.3) is 0 Å². The van der Waals surface area contributed by atoms with Crippen molar-refractivity contribution in [2.45, 2.75) is 6.92 Å². The van der Waals surface area contributed by atoms with Gasteiger partial charge in [0.05, 0.1) is 0 Å². The van der Waals surface area contributed by atoms with E-state index < -0.39 is 10.3 Å². The smallest absolute Gasteiger partial charge is 0.273 e. The van der Waals surface area contributed by atoms with Gasteiger partial charge < -0.3 is 0 Å². The molecule has 54 valence electrons. The first-order valence-corrected chi connectivity index (χ1v) is 3.72. The summed E-state index contributed by atoms with van der Waals surface area (Å²) < 4.78 is 29.8. The molecule has 0 rings (SSSR count). The lowest BCUT2D eigenvalue weighted by Gasteiger charge is -1.97. The molecule has 0 saturated heterocycles. The third kappa shape index (κ3) is 7.61. The van der Waals surface area contributed by atoms with Crippen LogP contribution in [0, 0.1) is 0 Å². The summed E-state index contributed by atoms with van der Waals surface area (Å²) in [4.78, 5) is 0. The molecule has 4 nitrogen and oxygen atoms in total. The molecular weight excluding hydrogens is 142 g/mol. The van der Waals surface area contributed by atoms with Gasteiger partial charge >= 0.3 is 10.3 Å². The molecule has 0 aliphatic rings. The Kier molecular flexibility index (Phi) is 2.83. The largest absolute Gasteiger partial charge is 0.333 e. The second-order valence-electron chi connectivity index (χ2n) is 1.75. The highest BCUT2D eigenvalue weighted by Crippen LogP contribution is 1.82. The van der Waals surface area contributed by atoms with Gasteiger partial charge in [-0.1, -0.05) is 12.2 Å². The lowest BCUT2D eigenvalue weighted by atomic mass is 10.4. The summed E-state index contributed by atoms with van der Waals surface area (Å²) >= 11 is 0. The molecule has 0 aromatic rings. The molecule has 0 aromatic carbocycles. The van der Waals surface area contributed by atoms with Gasteiger partial charge in [-0.25, -0.2) is 0 Å². The van der Waals surface area contributed by atoms with Crippen LogP contribution in [-0.4, -0.2) is 19.5 Å². The Labute approximate surface area is 54.5 Å². The highest BCUT2D eigenvalue weighted by Gasteiger charge is 1.99. The molecule has 0 heterocycles. The summed E-state index contributed by atoms with van der Waals surface area (Å²) in [5, 5.41) is 0. The zero-order chi connectivity index (χ0) is 7.49. The van der Waals surface area contributed by atoms with Gasteiger partial charge in [0.15, 0.2) is 0 Å². The highest BCUT2D eigenvalue weighted by atomic mass is 32.2. The summed E-state index contributed by atoms with van der Waals surface area (Å²) in [5.74, 6) is 0. The molecule has 0 aliphatic carbocycles. The van der Waals surface area contributed by atoms with Gasteiger partial charge in [-0.3, -0.25) is 4.55 Å². The molecule has 9 heavy (non-hydrogen) atoms. The fourth-order valence-electron chi connectivity index (χ4n) is 0.214. The summed E-state index contributed by atoms with van der Waals surface area (Å²) in [6.45, 7) is 5.15. The van der Waals surface area contributed by atoms with E-state index in [9.17, 15) is 8.42 Å². The molecule has 0 radical (unpaired) electrons. The van der Waals surface area contributed by atoms with Gasteiger partial charge in [-0.2, -0.15) is 13.1 Å². The summed E-state index contributed by atoms with van der Waals surface area (Å²) in [6.07, 6.45) is 0. The van der Waals surface area contributed by atoms with Crippen molar-refractivity contribution >= 4 is 10.3 Å². The minimum absolute atomic E-state index is 0.0822. The molecule has 0 aromatic heterocycles. The summed E-state index contributed by atoms with van der Waals surface area (Å²) in [6, 6.07) is 0. The van der Waals surface area contributed by atoms with E-state index in [-0.39, 0.29) is 6.54 Å². The zero-order valence-electron chi connectivity index (χ0n) is 5.09. The molecular formula is C4H9NO3S. The second-order valence-corrected chi connectivity index (χ2v) is 2.99. The minimum atomic E-state index is -4.03. The molecule has 0 amide bonds. The number of hydrogen-bond acceptors (Lipinski definition) is 2. The molecule has 2 N–H and O–H groups in total. The van der Waals surface area contributed by atoms with E-state index in [1.54, 1.807) is 6.92 Å². The molecule has 5 heteroatoms. The highest BCUT2D eigenvalue weighted by molar-refractivity contribution is 7.83. The fourth-order valence-corrected chi connectivity index (χ4v) is 0.643. The van der Waals surface area contributed by atoms with Crippen LogP contribution in [0.3, 0.4) is 0 Å². The first kappa shape index (κ1) is 8.61. The Morgan fingerprint density at radius 1 is 1.78 bits per heavy atom. The van der Waals surface area contributed by atoms with Gasteiger partial charge in [-0.15, -0.1) is 0 Å². The SMILES string of the molecule is C=C(C)CNS(=O)(=O)O. The Morgan fingerprint density at radius 2 is 2.22 bits per heavy atom. The summed E-state index contributed by atoms with van der Waals surface area (Å²) in [5.41, 5.74) is 0.646. The van der Waals surface area contributed by atoms with E-state index >= 15 is 0 Å². The Bertz CT molecular complexity index is 194. The molecule has 0 spiro atoms. The van der Waals surface area contributed by atoms with Crippen LogP contribution in [-0.2, 0) is 10.3 Å². The maximum absolute atomic E-state index is 9.94. The van der Waals surface area contributed by atoms with Crippen LogP contribution in [0.25, 0.3) is 0 Å². The van der Waals surface area contributed by atoms with Crippen LogP contribution < -0.4 is 4.72 Å². The predicted octanol–water partition coefficient (Wildman–Crippen LogP) is -0.0451. The van der Waals surface area contributed by atoms with Crippen molar-refractivity contribution in [1.82, 2.24) is 4.72 Å². The van der Waals surface area contributed by atoms with Crippen LogP contribution in [0.4, 0.5) is 0 Å². The van der Waals surface area contributed by atoms with Crippen molar-refractivity contribution < 1.29 is 13.0 Å². The molecule has 0 saturated carbocycles. The van der Waals surface area contributed by atoms with E-state index in [0.29, 0.717) is 5.57 Å². The van der Waals surface area contributed by atoms with Gasteiger partial charge in [-0.05, 0) is 6.92 Å². The number of hydrogen-bond donors (Lipinski definition) is 2. The fraction of sp³-hybridized carbons (Fsp3) is 0.500. The Hall–Kier alpha value is -0.390. The third-order valence-corrected chi connectivity index (χ3v) is 1.07. The average Bonchev–Trinajstić information content (AvgIpc) is 1.59. The predicted molar refractivity (Wildman–Crippen MR) is 34.4 cm³/mol. The topological polar surface area (TPSA) is 66.4 Å². The lowest BCUT2D eigenvalue weighted by Crippen LogP contribution is -2.23. The minimum Gasteiger partial charge on any atom is -0.273 e. The van der Waals surface area contributed by atoms with E-state index in [2.05, 4.69) is 6.58 Å². The van der Waals surface area contributed by atoms with E-state index in [4.69, 9.17) is 4.55 Å². The quantitative estimate of drug-likeness (QED) is 0.439.